The van der Waals surface area contributed by atoms with Gasteiger partial charge in [-0.3, -0.25) is 0 Å². The third kappa shape index (κ3) is 2.41. The molecule has 2 rings (SSSR count). The number of aliphatic hydroxyl groups excluding tert-OH is 1. The van der Waals surface area contributed by atoms with Crippen molar-refractivity contribution in [2.45, 2.75) is 20.0 Å². The van der Waals surface area contributed by atoms with E-state index in [-0.39, 0.29) is 11.6 Å². The molecule has 2 aromatic carbocycles. The van der Waals surface area contributed by atoms with Gasteiger partial charge in [0.05, 0.1) is 0 Å². The van der Waals surface area contributed by atoms with Gasteiger partial charge in [0, 0.05) is 0 Å². The summed E-state index contributed by atoms with van der Waals surface area (Å²) >= 11 is 0. The highest BCUT2D eigenvalue weighted by Crippen LogP contribution is 2.24. The molecule has 94 valence electrons. The molecule has 3 heteroatoms. The van der Waals surface area contributed by atoms with Crippen LogP contribution < -0.4 is 0 Å². The van der Waals surface area contributed by atoms with Crippen molar-refractivity contribution in [3.8, 4) is 0 Å². The average Bonchev–Trinajstić information content (AvgIpc) is 2.35. The molecular weight excluding hydrogens is 234 g/mol. The molecule has 0 bridgehead atoms. The standard InChI is InChI=1S/C15H14F2O/c1-9-3-4-12(8-14(9)17)15(18)11-5-6-13(16)10(2)7-11/h3-8,15,18H,1-2H3. The van der Waals surface area contributed by atoms with Crippen molar-refractivity contribution in [1.82, 2.24) is 0 Å². The van der Waals surface area contributed by atoms with Crippen LogP contribution in [-0.4, -0.2) is 5.11 Å². The molecule has 0 aliphatic carbocycles. The van der Waals surface area contributed by atoms with Crippen LogP contribution in [0.3, 0.4) is 0 Å². The smallest absolute Gasteiger partial charge is 0.126 e. The Balaban J connectivity index is 2.37. The summed E-state index contributed by atoms with van der Waals surface area (Å²) in [6, 6.07) is 8.96. The Morgan fingerprint density at radius 3 is 2.06 bits per heavy atom. The maximum absolute atomic E-state index is 13.4. The van der Waals surface area contributed by atoms with E-state index in [0.29, 0.717) is 22.3 Å². The van der Waals surface area contributed by atoms with Crippen LogP contribution in [0.15, 0.2) is 36.4 Å². The predicted octanol–water partition coefficient (Wildman–Crippen LogP) is 3.66. The minimum absolute atomic E-state index is 0.318. The highest BCUT2D eigenvalue weighted by molar-refractivity contribution is 5.34. The molecule has 0 amide bonds. The molecule has 0 aliphatic rings. The van der Waals surface area contributed by atoms with Crippen LogP contribution in [-0.2, 0) is 0 Å². The molecule has 1 nitrogen and oxygen atoms in total. The molecule has 0 spiro atoms. The first-order valence-corrected chi connectivity index (χ1v) is 5.69. The Bertz CT molecular complexity index is 527. The molecule has 0 aromatic heterocycles. The highest BCUT2D eigenvalue weighted by atomic mass is 19.1. The van der Waals surface area contributed by atoms with E-state index in [1.807, 2.05) is 0 Å². The van der Waals surface area contributed by atoms with Crippen LogP contribution in [0.2, 0.25) is 0 Å². The SMILES string of the molecule is Cc1cc(C(O)c2ccc(C)c(F)c2)ccc1F. The minimum atomic E-state index is -0.945. The molecule has 2 aromatic rings. The Labute approximate surface area is 105 Å². The Morgan fingerprint density at radius 2 is 1.44 bits per heavy atom. The Morgan fingerprint density at radius 1 is 0.833 bits per heavy atom. The number of rotatable bonds is 2. The van der Waals surface area contributed by atoms with Gasteiger partial charge in [0.2, 0.25) is 0 Å². The van der Waals surface area contributed by atoms with Gasteiger partial charge < -0.3 is 5.11 Å². The van der Waals surface area contributed by atoms with Gasteiger partial charge in [0.1, 0.15) is 17.7 Å². The summed E-state index contributed by atoms with van der Waals surface area (Å²) in [6.45, 7) is 3.29. The average molecular weight is 248 g/mol. The summed E-state index contributed by atoms with van der Waals surface area (Å²) in [5.41, 5.74) is 2.00. The van der Waals surface area contributed by atoms with Gasteiger partial charge in [-0.2, -0.15) is 0 Å². The second-order valence-electron chi connectivity index (χ2n) is 4.42. The Hall–Kier alpha value is -1.74. The van der Waals surface area contributed by atoms with Gasteiger partial charge in [-0.25, -0.2) is 8.78 Å². The van der Waals surface area contributed by atoms with Crippen LogP contribution in [0.4, 0.5) is 8.78 Å². The van der Waals surface area contributed by atoms with Crippen LogP contribution in [0.5, 0.6) is 0 Å². The first-order chi connectivity index (χ1) is 8.49. The fourth-order valence-electron chi connectivity index (χ4n) is 1.81. The molecule has 0 radical (unpaired) electrons. The molecule has 18 heavy (non-hydrogen) atoms. The van der Waals surface area contributed by atoms with Crippen LogP contribution in [0, 0.1) is 25.5 Å². The Kier molecular flexibility index (Phi) is 3.43. The molecular formula is C15H14F2O. The number of hydrogen-bond donors (Lipinski definition) is 1. The fraction of sp³-hybridized carbons (Fsp3) is 0.200. The lowest BCUT2D eigenvalue weighted by molar-refractivity contribution is 0.219. The molecule has 1 unspecified atom stereocenters. The van der Waals surface area contributed by atoms with E-state index in [1.54, 1.807) is 32.0 Å². The fourth-order valence-corrected chi connectivity index (χ4v) is 1.81. The van der Waals surface area contributed by atoms with Crippen LogP contribution in [0.25, 0.3) is 0 Å². The largest absolute Gasteiger partial charge is 0.384 e. The molecule has 0 saturated heterocycles. The molecule has 0 aliphatic heterocycles. The second-order valence-corrected chi connectivity index (χ2v) is 4.42. The van der Waals surface area contributed by atoms with Crippen LogP contribution >= 0.6 is 0 Å². The van der Waals surface area contributed by atoms with Crippen molar-refractivity contribution >= 4 is 0 Å². The van der Waals surface area contributed by atoms with Crippen LogP contribution in [0.1, 0.15) is 28.4 Å². The maximum Gasteiger partial charge on any atom is 0.126 e. The van der Waals surface area contributed by atoms with E-state index in [4.69, 9.17) is 0 Å². The summed E-state index contributed by atoms with van der Waals surface area (Å²) < 4.78 is 26.6. The van der Waals surface area contributed by atoms with Crippen molar-refractivity contribution in [3.05, 3.63) is 70.3 Å². The first kappa shape index (κ1) is 12.7. The molecule has 0 heterocycles. The normalized spacial score (nSPS) is 12.5. The van der Waals surface area contributed by atoms with Gasteiger partial charge in [0.25, 0.3) is 0 Å². The zero-order valence-electron chi connectivity index (χ0n) is 10.2. The lowest BCUT2D eigenvalue weighted by Gasteiger charge is -2.13. The highest BCUT2D eigenvalue weighted by Gasteiger charge is 2.13. The number of aryl methyl sites for hydroxylation is 2. The van der Waals surface area contributed by atoms with Gasteiger partial charge >= 0.3 is 0 Å². The third-order valence-electron chi connectivity index (χ3n) is 3.01. The quantitative estimate of drug-likeness (QED) is 0.859. The van der Waals surface area contributed by atoms with E-state index in [9.17, 15) is 13.9 Å². The lowest BCUT2D eigenvalue weighted by Crippen LogP contribution is -2.01. The summed E-state index contributed by atoms with van der Waals surface area (Å²) in [5, 5.41) is 10.1. The van der Waals surface area contributed by atoms with Crippen molar-refractivity contribution < 1.29 is 13.9 Å². The summed E-state index contributed by atoms with van der Waals surface area (Å²) in [5.74, 6) is -0.675. The van der Waals surface area contributed by atoms with E-state index < -0.39 is 6.10 Å². The first-order valence-electron chi connectivity index (χ1n) is 5.69. The van der Waals surface area contributed by atoms with Gasteiger partial charge in [0.15, 0.2) is 0 Å². The lowest BCUT2D eigenvalue weighted by atomic mass is 9.99. The number of halogens is 2. The molecule has 1 N–H and O–H groups in total. The topological polar surface area (TPSA) is 20.2 Å². The summed E-state index contributed by atoms with van der Waals surface area (Å²) in [6.07, 6.45) is -0.945. The van der Waals surface area contributed by atoms with Crippen molar-refractivity contribution in [2.75, 3.05) is 0 Å². The van der Waals surface area contributed by atoms with E-state index in [0.717, 1.165) is 0 Å². The van der Waals surface area contributed by atoms with Crippen molar-refractivity contribution in [1.29, 1.82) is 0 Å². The van der Waals surface area contributed by atoms with Gasteiger partial charge in [-0.15, -0.1) is 0 Å². The zero-order chi connectivity index (χ0) is 13.3. The van der Waals surface area contributed by atoms with E-state index in [1.165, 1.54) is 18.2 Å². The number of hydrogen-bond acceptors (Lipinski definition) is 1. The monoisotopic (exact) mass is 248 g/mol. The third-order valence-corrected chi connectivity index (χ3v) is 3.01. The van der Waals surface area contributed by atoms with Gasteiger partial charge in [-0.1, -0.05) is 24.3 Å². The van der Waals surface area contributed by atoms with Gasteiger partial charge in [-0.05, 0) is 48.2 Å². The van der Waals surface area contributed by atoms with Crippen molar-refractivity contribution in [3.63, 3.8) is 0 Å². The molecule has 0 fully saturated rings. The van der Waals surface area contributed by atoms with E-state index >= 15 is 0 Å². The number of benzene rings is 2. The predicted molar refractivity (Wildman–Crippen MR) is 66.3 cm³/mol. The minimum Gasteiger partial charge on any atom is -0.384 e. The van der Waals surface area contributed by atoms with Crippen molar-refractivity contribution in [2.24, 2.45) is 0 Å². The maximum atomic E-state index is 13.4. The molecule has 0 saturated carbocycles. The molecule has 1 atom stereocenters. The zero-order valence-corrected chi connectivity index (χ0v) is 10.2. The number of aliphatic hydroxyl groups is 1. The van der Waals surface area contributed by atoms with E-state index in [2.05, 4.69) is 0 Å². The summed E-state index contributed by atoms with van der Waals surface area (Å²) in [7, 11) is 0. The summed E-state index contributed by atoms with van der Waals surface area (Å²) in [4.78, 5) is 0. The second kappa shape index (κ2) is 4.86.